The second-order valence-electron chi connectivity index (χ2n) is 6.67. The molecule has 0 amide bonds. The topological polar surface area (TPSA) is 49.8 Å². The smallest absolute Gasteiger partial charge is 0.303 e. The van der Waals surface area contributed by atoms with E-state index in [2.05, 4.69) is 43.4 Å². The minimum atomic E-state index is -0.720. The molecule has 2 fully saturated rings. The molecule has 0 spiro atoms. The fraction of sp³-hybridized carbons (Fsp3) is 0.650. The van der Waals surface area contributed by atoms with Gasteiger partial charge in [-0.1, -0.05) is 43.4 Å². The molecule has 3 nitrogen and oxygen atoms in total. The zero-order valence-corrected chi connectivity index (χ0v) is 15.2. The number of carboxylic acid groups (broad SMARTS) is 1. The molecule has 0 radical (unpaired) electrons. The standard InChI is InChI=1S/C20H29ClO3/c1-2-17(21)16-14-18-20(24-18)15(16)12-10-8-6-4-3-5-7-9-11-13-19(22)23/h4-7,10,12,15-18,20H,2-3,8-9,11,13-14H2,1H3,(H,22,23)/b6-4-,7-5-,12-10-/t15-,16+,17-,18-,20+/m0/s1. The summed E-state index contributed by atoms with van der Waals surface area (Å²) in [5.41, 5.74) is 0. The highest BCUT2D eigenvalue weighted by molar-refractivity contribution is 6.20. The first-order valence-electron chi connectivity index (χ1n) is 9.11. The van der Waals surface area contributed by atoms with Crippen LogP contribution in [0, 0.1) is 11.8 Å². The lowest BCUT2D eigenvalue weighted by molar-refractivity contribution is -0.137. The Morgan fingerprint density at radius 1 is 1.25 bits per heavy atom. The number of epoxide rings is 1. The molecule has 0 bridgehead atoms. The number of aliphatic carboxylic acids is 1. The molecule has 0 aromatic carbocycles. The highest BCUT2D eigenvalue weighted by atomic mass is 35.5. The number of unbranched alkanes of at least 4 members (excludes halogenated alkanes) is 1. The van der Waals surface area contributed by atoms with Crippen LogP contribution in [-0.4, -0.2) is 28.7 Å². The van der Waals surface area contributed by atoms with Crippen LogP contribution in [0.15, 0.2) is 36.5 Å². The third-order valence-electron chi connectivity index (χ3n) is 4.85. The Balaban J connectivity index is 1.60. The van der Waals surface area contributed by atoms with Crippen molar-refractivity contribution in [2.24, 2.45) is 11.8 Å². The second-order valence-corrected chi connectivity index (χ2v) is 7.23. The van der Waals surface area contributed by atoms with Crippen LogP contribution in [0.1, 0.15) is 51.9 Å². The van der Waals surface area contributed by atoms with Crippen molar-refractivity contribution in [2.45, 2.75) is 69.5 Å². The van der Waals surface area contributed by atoms with Gasteiger partial charge in [0.1, 0.15) is 0 Å². The van der Waals surface area contributed by atoms with Gasteiger partial charge in [-0.2, -0.15) is 0 Å². The molecule has 134 valence electrons. The molecule has 2 rings (SSSR count). The molecule has 2 aliphatic rings. The lowest BCUT2D eigenvalue weighted by atomic mass is 9.90. The SMILES string of the molecule is CC[C@H](Cl)[C@@H]1C[C@@H]2O[C@@H]2[C@H]1/C=C\C/C=C\C/C=C\CCCC(=O)O. The van der Waals surface area contributed by atoms with Gasteiger partial charge in [0.25, 0.3) is 0 Å². The summed E-state index contributed by atoms with van der Waals surface area (Å²) in [6.45, 7) is 2.15. The summed E-state index contributed by atoms with van der Waals surface area (Å²) < 4.78 is 5.67. The van der Waals surface area contributed by atoms with Crippen LogP contribution in [0.25, 0.3) is 0 Å². The van der Waals surface area contributed by atoms with Crippen LogP contribution in [0.2, 0.25) is 0 Å². The Morgan fingerprint density at radius 2 is 1.96 bits per heavy atom. The predicted molar refractivity (Wildman–Crippen MR) is 98.3 cm³/mol. The van der Waals surface area contributed by atoms with Crippen molar-refractivity contribution in [2.75, 3.05) is 0 Å². The van der Waals surface area contributed by atoms with Gasteiger partial charge in [0, 0.05) is 17.7 Å². The Kier molecular flexibility index (Phi) is 8.07. The summed E-state index contributed by atoms with van der Waals surface area (Å²) >= 11 is 6.46. The van der Waals surface area contributed by atoms with Crippen LogP contribution in [0.3, 0.4) is 0 Å². The van der Waals surface area contributed by atoms with Gasteiger partial charge in [-0.3, -0.25) is 4.79 Å². The van der Waals surface area contributed by atoms with E-state index in [-0.39, 0.29) is 11.8 Å². The number of alkyl halides is 1. The monoisotopic (exact) mass is 352 g/mol. The second kappa shape index (κ2) is 10.0. The molecule has 1 saturated carbocycles. The third kappa shape index (κ3) is 6.10. The van der Waals surface area contributed by atoms with Crippen LogP contribution < -0.4 is 0 Å². The number of carboxylic acids is 1. The maximum Gasteiger partial charge on any atom is 0.303 e. The fourth-order valence-corrected chi connectivity index (χ4v) is 3.74. The van der Waals surface area contributed by atoms with Crippen molar-refractivity contribution in [1.29, 1.82) is 0 Å². The predicted octanol–water partition coefficient (Wildman–Crippen LogP) is 5.11. The van der Waals surface area contributed by atoms with Gasteiger partial charge in [0.2, 0.25) is 0 Å². The first-order chi connectivity index (χ1) is 11.6. The van der Waals surface area contributed by atoms with Crippen molar-refractivity contribution in [3.8, 4) is 0 Å². The van der Waals surface area contributed by atoms with E-state index in [0.717, 1.165) is 32.1 Å². The Hall–Kier alpha value is -1.06. The van der Waals surface area contributed by atoms with E-state index in [1.54, 1.807) is 0 Å². The fourth-order valence-electron chi connectivity index (χ4n) is 3.47. The van der Waals surface area contributed by atoms with E-state index in [1.165, 1.54) is 0 Å². The molecule has 0 aromatic heterocycles. The highest BCUT2D eigenvalue weighted by Crippen LogP contribution is 2.50. The molecule has 24 heavy (non-hydrogen) atoms. The number of carbonyl (C=O) groups is 1. The van der Waals surface area contributed by atoms with Gasteiger partial charge in [-0.25, -0.2) is 0 Å². The van der Waals surface area contributed by atoms with E-state index in [4.69, 9.17) is 21.4 Å². The quantitative estimate of drug-likeness (QED) is 0.243. The molecule has 1 N–H and O–H groups in total. The number of rotatable bonds is 11. The normalized spacial score (nSPS) is 30.4. The number of halogens is 1. The molecule has 1 aliphatic carbocycles. The molecule has 0 aromatic rings. The minimum absolute atomic E-state index is 0.250. The number of fused-ring (bicyclic) bond motifs is 1. The van der Waals surface area contributed by atoms with Crippen molar-refractivity contribution in [3.63, 3.8) is 0 Å². The Morgan fingerprint density at radius 3 is 2.67 bits per heavy atom. The number of allylic oxidation sites excluding steroid dienone is 5. The molecule has 1 heterocycles. The highest BCUT2D eigenvalue weighted by Gasteiger charge is 2.55. The van der Waals surface area contributed by atoms with Gasteiger partial charge in [-0.15, -0.1) is 11.6 Å². The van der Waals surface area contributed by atoms with Gasteiger partial charge in [-0.05, 0) is 44.4 Å². The maximum absolute atomic E-state index is 10.4. The summed E-state index contributed by atoms with van der Waals surface area (Å²) in [4.78, 5) is 10.4. The molecule has 5 atom stereocenters. The van der Waals surface area contributed by atoms with Crippen LogP contribution in [-0.2, 0) is 9.53 Å². The van der Waals surface area contributed by atoms with Crippen LogP contribution in [0.5, 0.6) is 0 Å². The largest absolute Gasteiger partial charge is 0.481 e. The maximum atomic E-state index is 10.4. The molecule has 1 aliphatic heterocycles. The van der Waals surface area contributed by atoms with Crippen molar-refractivity contribution < 1.29 is 14.6 Å². The molecular formula is C20H29ClO3. The van der Waals surface area contributed by atoms with E-state index in [0.29, 0.717) is 30.5 Å². The van der Waals surface area contributed by atoms with Crippen molar-refractivity contribution in [3.05, 3.63) is 36.5 Å². The summed E-state index contributed by atoms with van der Waals surface area (Å²) in [7, 11) is 0. The van der Waals surface area contributed by atoms with E-state index >= 15 is 0 Å². The van der Waals surface area contributed by atoms with Gasteiger partial charge in [0.05, 0.1) is 12.2 Å². The first kappa shape index (κ1) is 19.3. The summed E-state index contributed by atoms with van der Waals surface area (Å²) in [5.74, 6) is 0.330. The average molecular weight is 353 g/mol. The Bertz CT molecular complexity index is 483. The molecule has 1 saturated heterocycles. The summed E-state index contributed by atoms with van der Waals surface area (Å²) in [6, 6.07) is 0. The lowest BCUT2D eigenvalue weighted by Crippen LogP contribution is -2.22. The lowest BCUT2D eigenvalue weighted by Gasteiger charge is -2.23. The van der Waals surface area contributed by atoms with Crippen LogP contribution in [0.4, 0.5) is 0 Å². The van der Waals surface area contributed by atoms with Crippen molar-refractivity contribution in [1.82, 2.24) is 0 Å². The van der Waals surface area contributed by atoms with E-state index < -0.39 is 5.97 Å². The van der Waals surface area contributed by atoms with Gasteiger partial charge < -0.3 is 9.84 Å². The third-order valence-corrected chi connectivity index (χ3v) is 5.48. The minimum Gasteiger partial charge on any atom is -0.481 e. The summed E-state index contributed by atoms with van der Waals surface area (Å²) in [6.07, 6.45) is 19.7. The molecule has 0 unspecified atom stereocenters. The zero-order valence-electron chi connectivity index (χ0n) is 14.4. The molecule has 4 heteroatoms. The number of hydrogen-bond donors (Lipinski definition) is 1. The van der Waals surface area contributed by atoms with E-state index in [1.807, 2.05) is 0 Å². The van der Waals surface area contributed by atoms with E-state index in [9.17, 15) is 4.79 Å². The average Bonchev–Trinajstić information content (AvgIpc) is 3.24. The number of hydrogen-bond acceptors (Lipinski definition) is 2. The Labute approximate surface area is 150 Å². The first-order valence-corrected chi connectivity index (χ1v) is 9.55. The summed E-state index contributed by atoms with van der Waals surface area (Å²) in [5, 5.41) is 8.80. The van der Waals surface area contributed by atoms with Gasteiger partial charge in [0.15, 0.2) is 0 Å². The van der Waals surface area contributed by atoms with Gasteiger partial charge >= 0.3 is 5.97 Å². The molecular weight excluding hydrogens is 324 g/mol. The number of ether oxygens (including phenoxy) is 1. The van der Waals surface area contributed by atoms with Crippen molar-refractivity contribution >= 4 is 17.6 Å². The van der Waals surface area contributed by atoms with Crippen LogP contribution >= 0.6 is 11.6 Å². The zero-order chi connectivity index (χ0) is 17.4.